The first kappa shape index (κ1) is 12.7. The lowest BCUT2D eigenvalue weighted by Crippen LogP contribution is -2.18. The fraction of sp³-hybridized carbons (Fsp3) is 0.250. The van der Waals surface area contributed by atoms with E-state index in [-0.39, 0.29) is 11.7 Å². The van der Waals surface area contributed by atoms with Crippen molar-refractivity contribution in [3.63, 3.8) is 0 Å². The molecule has 1 unspecified atom stereocenters. The third kappa shape index (κ3) is 3.12. The number of hydrogen-bond donors (Lipinski definition) is 1. The van der Waals surface area contributed by atoms with E-state index in [0.29, 0.717) is 6.54 Å². The molecule has 0 fully saturated rings. The lowest BCUT2D eigenvalue weighted by Gasteiger charge is -2.12. The molecule has 94 valence electrons. The lowest BCUT2D eigenvalue weighted by atomic mass is 10.1. The second-order valence-corrected chi connectivity index (χ2v) is 4.65. The van der Waals surface area contributed by atoms with Crippen LogP contribution in [0, 0.1) is 10.1 Å². The summed E-state index contributed by atoms with van der Waals surface area (Å²) in [7, 11) is 0. The average Bonchev–Trinajstić information content (AvgIpc) is 2.89. The summed E-state index contributed by atoms with van der Waals surface area (Å²) in [5.41, 5.74) is 3.95. The van der Waals surface area contributed by atoms with Crippen molar-refractivity contribution in [2.24, 2.45) is 0 Å². The zero-order chi connectivity index (χ0) is 13.0. The molecule has 0 amide bonds. The van der Waals surface area contributed by atoms with Crippen LogP contribution in [-0.4, -0.2) is 9.91 Å². The van der Waals surface area contributed by atoms with Crippen LogP contribution in [0.25, 0.3) is 0 Å². The highest BCUT2D eigenvalue weighted by Gasteiger charge is 2.08. The molecule has 1 heterocycles. The molecule has 1 atom stereocenters. The first-order valence-electron chi connectivity index (χ1n) is 5.51. The first-order valence-corrected chi connectivity index (χ1v) is 6.46. The number of thiazole rings is 1. The van der Waals surface area contributed by atoms with Crippen molar-refractivity contribution in [2.75, 3.05) is 0 Å². The van der Waals surface area contributed by atoms with E-state index < -0.39 is 4.92 Å². The summed E-state index contributed by atoms with van der Waals surface area (Å²) in [5.74, 6) is 0. The van der Waals surface area contributed by atoms with Gasteiger partial charge in [0.1, 0.15) is 0 Å². The minimum Gasteiger partial charge on any atom is -0.305 e. The minimum absolute atomic E-state index is 0.116. The van der Waals surface area contributed by atoms with E-state index in [2.05, 4.69) is 10.3 Å². The van der Waals surface area contributed by atoms with E-state index in [0.717, 1.165) is 11.3 Å². The van der Waals surface area contributed by atoms with Crippen molar-refractivity contribution < 1.29 is 4.92 Å². The van der Waals surface area contributed by atoms with E-state index in [9.17, 15) is 10.1 Å². The molecule has 1 aromatic carbocycles. The van der Waals surface area contributed by atoms with Gasteiger partial charge in [-0.25, -0.2) is 4.98 Å². The van der Waals surface area contributed by atoms with Crippen molar-refractivity contribution >= 4 is 17.0 Å². The predicted molar refractivity (Wildman–Crippen MR) is 70.5 cm³/mol. The number of rotatable bonds is 5. The Morgan fingerprint density at radius 1 is 1.44 bits per heavy atom. The quantitative estimate of drug-likeness (QED) is 0.665. The van der Waals surface area contributed by atoms with E-state index in [1.807, 2.05) is 12.3 Å². The molecular weight excluding hydrogens is 250 g/mol. The fourth-order valence-corrected chi connectivity index (χ4v) is 2.14. The molecule has 0 aliphatic heterocycles. The summed E-state index contributed by atoms with van der Waals surface area (Å²) in [6.07, 6.45) is 0. The average molecular weight is 263 g/mol. The Balaban J connectivity index is 1.96. The minimum atomic E-state index is -0.392. The molecule has 0 radical (unpaired) electrons. The van der Waals surface area contributed by atoms with Gasteiger partial charge in [0.15, 0.2) is 0 Å². The van der Waals surface area contributed by atoms with Crippen LogP contribution in [0.3, 0.4) is 0 Å². The summed E-state index contributed by atoms with van der Waals surface area (Å²) in [6.45, 7) is 2.72. The Labute approximate surface area is 109 Å². The van der Waals surface area contributed by atoms with Crippen LogP contribution < -0.4 is 5.32 Å². The van der Waals surface area contributed by atoms with Crippen LogP contribution in [0.1, 0.15) is 24.2 Å². The number of nitro groups is 1. The molecule has 1 aromatic heterocycles. The molecule has 18 heavy (non-hydrogen) atoms. The maximum Gasteiger partial charge on any atom is 0.269 e. The topological polar surface area (TPSA) is 68.1 Å². The number of non-ortho nitro benzene ring substituents is 1. The van der Waals surface area contributed by atoms with Gasteiger partial charge in [0, 0.05) is 30.1 Å². The Morgan fingerprint density at radius 2 is 2.17 bits per heavy atom. The summed E-state index contributed by atoms with van der Waals surface area (Å²) in [5, 5.41) is 15.9. The van der Waals surface area contributed by atoms with Gasteiger partial charge in [-0.05, 0) is 12.5 Å². The van der Waals surface area contributed by atoms with E-state index >= 15 is 0 Å². The molecule has 0 bridgehead atoms. The summed E-state index contributed by atoms with van der Waals surface area (Å²) >= 11 is 1.57. The molecule has 2 rings (SSSR count). The molecular formula is C12H13N3O2S. The normalized spacial score (nSPS) is 12.3. The van der Waals surface area contributed by atoms with Gasteiger partial charge >= 0.3 is 0 Å². The highest BCUT2D eigenvalue weighted by molar-refractivity contribution is 7.07. The maximum absolute atomic E-state index is 10.5. The lowest BCUT2D eigenvalue weighted by molar-refractivity contribution is -0.384. The second-order valence-electron chi connectivity index (χ2n) is 3.93. The molecule has 0 aliphatic carbocycles. The van der Waals surface area contributed by atoms with Gasteiger partial charge in [0.2, 0.25) is 0 Å². The van der Waals surface area contributed by atoms with E-state index in [4.69, 9.17) is 0 Å². The number of hydrogen-bond acceptors (Lipinski definition) is 5. The third-order valence-corrected chi connectivity index (χ3v) is 3.31. The maximum atomic E-state index is 10.5. The van der Waals surface area contributed by atoms with Crippen molar-refractivity contribution in [1.29, 1.82) is 0 Å². The molecule has 2 aromatic rings. The van der Waals surface area contributed by atoms with Crippen LogP contribution in [0.4, 0.5) is 5.69 Å². The van der Waals surface area contributed by atoms with Gasteiger partial charge in [-0.1, -0.05) is 12.1 Å². The van der Waals surface area contributed by atoms with Crippen LogP contribution >= 0.6 is 11.3 Å². The zero-order valence-electron chi connectivity index (χ0n) is 9.87. The van der Waals surface area contributed by atoms with Gasteiger partial charge in [-0.3, -0.25) is 10.1 Å². The van der Waals surface area contributed by atoms with Gasteiger partial charge in [-0.15, -0.1) is 11.3 Å². The van der Waals surface area contributed by atoms with Gasteiger partial charge in [0.25, 0.3) is 5.69 Å². The Kier molecular flexibility index (Phi) is 4.01. The molecule has 5 nitrogen and oxygen atoms in total. The Morgan fingerprint density at radius 3 is 2.72 bits per heavy atom. The SMILES string of the molecule is CC(NCc1cscn1)c1ccc([N+](=O)[O-])cc1. The Hall–Kier alpha value is -1.79. The van der Waals surface area contributed by atoms with Gasteiger partial charge < -0.3 is 5.32 Å². The monoisotopic (exact) mass is 263 g/mol. The van der Waals surface area contributed by atoms with Gasteiger partial charge in [0.05, 0.1) is 16.1 Å². The van der Waals surface area contributed by atoms with Crippen LogP contribution in [0.2, 0.25) is 0 Å². The zero-order valence-corrected chi connectivity index (χ0v) is 10.7. The number of nitrogens with zero attached hydrogens (tertiary/aromatic N) is 2. The van der Waals surface area contributed by atoms with Crippen molar-refractivity contribution in [2.45, 2.75) is 19.5 Å². The van der Waals surface area contributed by atoms with E-state index in [1.54, 1.807) is 29.0 Å². The summed E-state index contributed by atoms with van der Waals surface area (Å²) in [6, 6.07) is 6.73. The molecule has 6 heteroatoms. The Bertz CT molecular complexity index is 511. The fourth-order valence-electron chi connectivity index (χ4n) is 1.59. The summed E-state index contributed by atoms with van der Waals surface area (Å²) in [4.78, 5) is 14.3. The molecule has 0 saturated carbocycles. The van der Waals surface area contributed by atoms with Crippen LogP contribution in [0.15, 0.2) is 35.2 Å². The van der Waals surface area contributed by atoms with Crippen molar-refractivity contribution in [3.05, 3.63) is 56.5 Å². The molecule has 0 saturated heterocycles. The van der Waals surface area contributed by atoms with Crippen molar-refractivity contribution in [1.82, 2.24) is 10.3 Å². The number of aromatic nitrogens is 1. The van der Waals surface area contributed by atoms with Gasteiger partial charge in [-0.2, -0.15) is 0 Å². The first-order chi connectivity index (χ1) is 8.66. The predicted octanol–water partition coefficient (Wildman–Crippen LogP) is 2.90. The highest BCUT2D eigenvalue weighted by Crippen LogP contribution is 2.17. The van der Waals surface area contributed by atoms with Crippen molar-refractivity contribution in [3.8, 4) is 0 Å². The third-order valence-electron chi connectivity index (χ3n) is 2.68. The highest BCUT2D eigenvalue weighted by atomic mass is 32.1. The molecule has 0 aliphatic rings. The number of nitrogens with one attached hydrogen (secondary N) is 1. The number of nitro benzene ring substituents is 1. The largest absolute Gasteiger partial charge is 0.305 e. The smallest absolute Gasteiger partial charge is 0.269 e. The number of benzene rings is 1. The second kappa shape index (κ2) is 5.70. The van der Waals surface area contributed by atoms with E-state index in [1.165, 1.54) is 12.1 Å². The van der Waals surface area contributed by atoms with Crippen LogP contribution in [0.5, 0.6) is 0 Å². The standard InChI is InChI=1S/C12H13N3O2S/c1-9(13-6-11-7-18-8-14-11)10-2-4-12(5-3-10)15(16)17/h2-5,7-9,13H,6H2,1H3. The van der Waals surface area contributed by atoms with Crippen LogP contribution in [-0.2, 0) is 6.54 Å². The summed E-state index contributed by atoms with van der Waals surface area (Å²) < 4.78 is 0. The molecule has 1 N–H and O–H groups in total. The molecule has 0 spiro atoms.